The summed E-state index contributed by atoms with van der Waals surface area (Å²) in [5, 5.41) is 22.6. The molecule has 0 spiro atoms. The van der Waals surface area contributed by atoms with Gasteiger partial charge in [0.05, 0.1) is 0 Å². The van der Waals surface area contributed by atoms with E-state index >= 15 is 0 Å². The van der Waals surface area contributed by atoms with Gasteiger partial charge in [0, 0.05) is 18.2 Å². The third-order valence-corrected chi connectivity index (χ3v) is 3.97. The summed E-state index contributed by atoms with van der Waals surface area (Å²) in [5.74, 6) is 0.437. The van der Waals surface area contributed by atoms with Crippen molar-refractivity contribution >= 4 is 0 Å². The number of rotatable bonds is 5. The second kappa shape index (κ2) is 4.57. The summed E-state index contributed by atoms with van der Waals surface area (Å²) in [6.45, 7) is 5.23. The molecule has 1 aromatic rings. The van der Waals surface area contributed by atoms with Crippen molar-refractivity contribution in [2.24, 2.45) is 5.41 Å². The maximum absolute atomic E-state index is 9.76. The highest BCUT2D eigenvalue weighted by Gasteiger charge is 2.40. The average molecular weight is 235 g/mol. The molecule has 1 fully saturated rings. The maximum Gasteiger partial charge on any atom is 0.120 e. The summed E-state index contributed by atoms with van der Waals surface area (Å²) in [7, 11) is 0. The van der Waals surface area contributed by atoms with Crippen LogP contribution in [0, 0.1) is 5.41 Å². The molecule has 1 aromatic carbocycles. The monoisotopic (exact) mass is 235 g/mol. The lowest BCUT2D eigenvalue weighted by Crippen LogP contribution is -2.26. The minimum Gasteiger partial charge on any atom is -0.508 e. The third-order valence-electron chi connectivity index (χ3n) is 3.97. The lowest BCUT2D eigenvalue weighted by atomic mass is 10.0. The van der Waals surface area contributed by atoms with Crippen LogP contribution in [0.2, 0.25) is 0 Å². The first-order valence-electron chi connectivity index (χ1n) is 6.31. The van der Waals surface area contributed by atoms with Crippen molar-refractivity contribution in [3.05, 3.63) is 23.8 Å². The van der Waals surface area contributed by atoms with Gasteiger partial charge in [0.25, 0.3) is 0 Å². The van der Waals surface area contributed by atoms with E-state index < -0.39 is 0 Å². The largest absolute Gasteiger partial charge is 0.508 e. The minimum atomic E-state index is 0.0612. The van der Waals surface area contributed by atoms with Gasteiger partial charge in [-0.1, -0.05) is 6.92 Å². The van der Waals surface area contributed by atoms with Crippen LogP contribution in [0.15, 0.2) is 18.2 Å². The predicted molar refractivity (Wildman–Crippen MR) is 68.1 cm³/mol. The molecule has 0 radical (unpaired) electrons. The van der Waals surface area contributed by atoms with E-state index in [0.717, 1.165) is 12.1 Å². The van der Waals surface area contributed by atoms with Crippen molar-refractivity contribution in [1.29, 1.82) is 0 Å². The first kappa shape index (κ1) is 12.2. The summed E-state index contributed by atoms with van der Waals surface area (Å²) in [6.07, 6.45) is 3.81. The van der Waals surface area contributed by atoms with Crippen LogP contribution in [-0.4, -0.2) is 16.8 Å². The normalized spacial score (nSPS) is 18.9. The zero-order chi connectivity index (χ0) is 12.5. The molecule has 94 valence electrons. The van der Waals surface area contributed by atoms with Gasteiger partial charge in [0.2, 0.25) is 0 Å². The molecular formula is C14H21NO2. The molecule has 0 aromatic heterocycles. The summed E-state index contributed by atoms with van der Waals surface area (Å²) in [6, 6.07) is 4.72. The van der Waals surface area contributed by atoms with Crippen LogP contribution in [-0.2, 0) is 0 Å². The lowest BCUT2D eigenvalue weighted by molar-refractivity contribution is 0.400. The van der Waals surface area contributed by atoms with Crippen LogP contribution in [0.25, 0.3) is 0 Å². The van der Waals surface area contributed by atoms with Gasteiger partial charge in [-0.25, -0.2) is 0 Å². The number of phenols is 2. The van der Waals surface area contributed by atoms with E-state index in [-0.39, 0.29) is 17.5 Å². The van der Waals surface area contributed by atoms with E-state index in [1.165, 1.54) is 31.4 Å². The number of aromatic hydroxyl groups is 2. The van der Waals surface area contributed by atoms with E-state index in [2.05, 4.69) is 12.2 Å². The molecule has 1 atom stereocenters. The highest BCUT2D eigenvalue weighted by atomic mass is 16.3. The molecule has 1 aliphatic rings. The molecule has 1 saturated carbocycles. The van der Waals surface area contributed by atoms with Crippen molar-refractivity contribution in [3.8, 4) is 11.5 Å². The number of hydrogen-bond acceptors (Lipinski definition) is 3. The van der Waals surface area contributed by atoms with Crippen molar-refractivity contribution in [3.63, 3.8) is 0 Å². The highest BCUT2D eigenvalue weighted by molar-refractivity contribution is 5.40. The average Bonchev–Trinajstić information content (AvgIpc) is 3.10. The van der Waals surface area contributed by atoms with Gasteiger partial charge in [0.15, 0.2) is 0 Å². The molecule has 17 heavy (non-hydrogen) atoms. The molecule has 3 nitrogen and oxygen atoms in total. The number of hydrogen-bond donors (Lipinski definition) is 3. The Balaban J connectivity index is 1.99. The molecular weight excluding hydrogens is 214 g/mol. The van der Waals surface area contributed by atoms with Gasteiger partial charge < -0.3 is 15.5 Å². The second-order valence-electron chi connectivity index (χ2n) is 5.20. The van der Waals surface area contributed by atoms with Crippen molar-refractivity contribution in [1.82, 2.24) is 5.32 Å². The molecule has 0 amide bonds. The fourth-order valence-corrected chi connectivity index (χ4v) is 2.20. The predicted octanol–water partition coefficient (Wildman–Crippen LogP) is 2.94. The van der Waals surface area contributed by atoms with E-state index in [1.54, 1.807) is 6.07 Å². The van der Waals surface area contributed by atoms with Gasteiger partial charge in [-0.3, -0.25) is 0 Å². The Morgan fingerprint density at radius 1 is 1.35 bits per heavy atom. The van der Waals surface area contributed by atoms with Crippen LogP contribution in [0.1, 0.15) is 44.7 Å². The fourth-order valence-electron chi connectivity index (χ4n) is 2.20. The van der Waals surface area contributed by atoms with Crippen molar-refractivity contribution in [2.75, 3.05) is 6.54 Å². The van der Waals surface area contributed by atoms with Gasteiger partial charge >= 0.3 is 0 Å². The summed E-state index contributed by atoms with van der Waals surface area (Å²) >= 11 is 0. The first-order valence-corrected chi connectivity index (χ1v) is 6.31. The van der Waals surface area contributed by atoms with E-state index in [1.807, 2.05) is 6.92 Å². The van der Waals surface area contributed by atoms with E-state index in [9.17, 15) is 10.2 Å². The zero-order valence-electron chi connectivity index (χ0n) is 10.5. The van der Waals surface area contributed by atoms with Gasteiger partial charge in [0.1, 0.15) is 11.5 Å². The molecule has 1 aliphatic carbocycles. The number of phenolic OH excluding ortho intramolecular Hbond substituents is 2. The smallest absolute Gasteiger partial charge is 0.120 e. The van der Waals surface area contributed by atoms with Crippen LogP contribution >= 0.6 is 0 Å². The first-order chi connectivity index (χ1) is 8.06. The minimum absolute atomic E-state index is 0.0612. The summed E-state index contributed by atoms with van der Waals surface area (Å²) < 4.78 is 0. The molecule has 3 heteroatoms. The Bertz CT molecular complexity index is 399. The highest BCUT2D eigenvalue weighted by Crippen LogP contribution is 2.48. The van der Waals surface area contributed by atoms with Gasteiger partial charge in [-0.2, -0.15) is 0 Å². The quantitative estimate of drug-likeness (QED) is 0.688. The van der Waals surface area contributed by atoms with Crippen molar-refractivity contribution < 1.29 is 10.2 Å². The molecule has 1 unspecified atom stereocenters. The van der Waals surface area contributed by atoms with Crippen LogP contribution in [0.5, 0.6) is 11.5 Å². The summed E-state index contributed by atoms with van der Waals surface area (Å²) in [5.41, 5.74) is 1.25. The van der Waals surface area contributed by atoms with Crippen LogP contribution in [0.4, 0.5) is 0 Å². The number of nitrogens with one attached hydrogen (secondary N) is 1. The third kappa shape index (κ3) is 2.72. The Labute approximate surface area is 102 Å². The van der Waals surface area contributed by atoms with E-state index in [0.29, 0.717) is 5.41 Å². The van der Waals surface area contributed by atoms with Crippen molar-refractivity contribution in [2.45, 2.75) is 39.2 Å². The standard InChI is InChI=1S/C14H21NO2/c1-3-14(6-7-14)9-15-10(2)12-8-11(16)4-5-13(12)17/h4-5,8,10,15-17H,3,6-7,9H2,1-2H3. The second-order valence-corrected chi connectivity index (χ2v) is 5.20. The Morgan fingerprint density at radius 3 is 2.65 bits per heavy atom. The van der Waals surface area contributed by atoms with Crippen LogP contribution in [0.3, 0.4) is 0 Å². The summed E-state index contributed by atoms with van der Waals surface area (Å²) in [4.78, 5) is 0. The molecule has 0 heterocycles. The van der Waals surface area contributed by atoms with E-state index in [4.69, 9.17) is 0 Å². The molecule has 0 bridgehead atoms. The van der Waals surface area contributed by atoms with Gasteiger partial charge in [-0.15, -0.1) is 0 Å². The Kier molecular flexibility index (Phi) is 3.29. The fraction of sp³-hybridized carbons (Fsp3) is 0.571. The number of benzene rings is 1. The van der Waals surface area contributed by atoms with Crippen LogP contribution < -0.4 is 5.32 Å². The molecule has 3 N–H and O–H groups in total. The molecule has 0 aliphatic heterocycles. The Hall–Kier alpha value is -1.22. The molecule has 2 rings (SSSR count). The topological polar surface area (TPSA) is 52.5 Å². The zero-order valence-corrected chi connectivity index (χ0v) is 10.5. The van der Waals surface area contributed by atoms with Gasteiger partial charge in [-0.05, 0) is 49.8 Å². The molecule has 0 saturated heterocycles. The maximum atomic E-state index is 9.76. The SMILES string of the molecule is CCC1(CNC(C)c2cc(O)ccc2O)CC1. The lowest BCUT2D eigenvalue weighted by Gasteiger charge is -2.20. The Morgan fingerprint density at radius 2 is 2.06 bits per heavy atom.